The number of alkyl halides is 1. The molecule has 11 nitrogen and oxygen atoms in total. The number of hydrogen-bond acceptors (Lipinski definition) is 9. The van der Waals surface area contributed by atoms with Crippen LogP contribution in [-0.2, 0) is 15.8 Å². The SMILES string of the molecule is COc1cc(-c2nc([C@@](O)(CNC(=O)c3cc(/C=N/C4(F)CC4)c(N)c(OC)c3)c3ccccc3)cc3c2OC[C@]3(C)C(N)=O)c(F)cc1F. The van der Waals surface area contributed by atoms with Crippen LogP contribution in [0, 0.1) is 11.6 Å². The van der Waals surface area contributed by atoms with Crippen molar-refractivity contribution < 1.29 is 42.1 Å². The monoisotopic (exact) mass is 689 g/mol. The molecule has 1 saturated carbocycles. The second-order valence-electron chi connectivity index (χ2n) is 12.5. The van der Waals surface area contributed by atoms with Crippen LogP contribution in [0.2, 0.25) is 0 Å². The van der Waals surface area contributed by atoms with Crippen LogP contribution in [0.3, 0.4) is 0 Å². The van der Waals surface area contributed by atoms with Crippen molar-refractivity contribution in [2.75, 3.05) is 33.1 Å². The molecule has 0 bridgehead atoms. The zero-order valence-corrected chi connectivity index (χ0v) is 27.4. The van der Waals surface area contributed by atoms with Gasteiger partial charge in [-0.25, -0.2) is 18.2 Å². The van der Waals surface area contributed by atoms with Gasteiger partial charge < -0.3 is 36.1 Å². The zero-order chi connectivity index (χ0) is 36.0. The van der Waals surface area contributed by atoms with Crippen LogP contribution in [0.4, 0.5) is 18.9 Å². The third-order valence-electron chi connectivity index (χ3n) is 9.05. The Balaban J connectivity index is 1.47. The second-order valence-corrected chi connectivity index (χ2v) is 12.5. The van der Waals surface area contributed by atoms with Gasteiger partial charge in [-0.1, -0.05) is 30.3 Å². The Hall–Kier alpha value is -5.63. The van der Waals surface area contributed by atoms with E-state index in [0.29, 0.717) is 6.07 Å². The molecule has 2 amide bonds. The lowest BCUT2D eigenvalue weighted by molar-refractivity contribution is -0.123. The fourth-order valence-corrected chi connectivity index (χ4v) is 5.69. The molecule has 0 unspecified atom stereocenters. The van der Waals surface area contributed by atoms with Crippen LogP contribution in [0.15, 0.2) is 65.7 Å². The molecule has 50 heavy (non-hydrogen) atoms. The topological polar surface area (TPSA) is 171 Å². The maximum atomic E-state index is 15.5. The second kappa shape index (κ2) is 12.7. The van der Waals surface area contributed by atoms with Crippen LogP contribution >= 0.6 is 0 Å². The maximum absolute atomic E-state index is 15.5. The minimum absolute atomic E-state index is 0.00600. The fourth-order valence-electron chi connectivity index (χ4n) is 5.69. The molecule has 4 aromatic rings. The summed E-state index contributed by atoms with van der Waals surface area (Å²) in [5.41, 5.74) is 8.87. The number of nitrogens with two attached hydrogens (primary N) is 2. The van der Waals surface area contributed by atoms with Gasteiger partial charge in [0.1, 0.15) is 40.6 Å². The van der Waals surface area contributed by atoms with Gasteiger partial charge in [-0.05, 0) is 36.8 Å². The maximum Gasteiger partial charge on any atom is 0.251 e. The first kappa shape index (κ1) is 34.2. The average Bonchev–Trinajstić information content (AvgIpc) is 3.75. The van der Waals surface area contributed by atoms with Crippen LogP contribution in [0.1, 0.15) is 52.5 Å². The smallest absolute Gasteiger partial charge is 0.251 e. The number of rotatable bonds is 11. The van der Waals surface area contributed by atoms with Crippen LogP contribution in [0.5, 0.6) is 17.2 Å². The van der Waals surface area contributed by atoms with Gasteiger partial charge in [0, 0.05) is 47.4 Å². The van der Waals surface area contributed by atoms with Gasteiger partial charge in [-0.3, -0.25) is 14.6 Å². The van der Waals surface area contributed by atoms with Crippen molar-refractivity contribution in [3.63, 3.8) is 0 Å². The van der Waals surface area contributed by atoms with E-state index in [0.717, 1.165) is 6.07 Å². The van der Waals surface area contributed by atoms with E-state index in [4.69, 9.17) is 25.7 Å². The Morgan fingerprint density at radius 2 is 1.78 bits per heavy atom. The van der Waals surface area contributed by atoms with E-state index in [1.165, 1.54) is 45.6 Å². The number of aliphatic imine (C=N–C) groups is 1. The van der Waals surface area contributed by atoms with Crippen molar-refractivity contribution >= 4 is 23.7 Å². The summed E-state index contributed by atoms with van der Waals surface area (Å²) >= 11 is 0. The van der Waals surface area contributed by atoms with Gasteiger partial charge in [0.05, 0.1) is 32.1 Å². The summed E-state index contributed by atoms with van der Waals surface area (Å²) in [5.74, 6) is -5.20. The molecule has 6 N–H and O–H groups in total. The number of hydrogen-bond donors (Lipinski definition) is 4. The van der Waals surface area contributed by atoms with Crippen molar-refractivity contribution in [3.05, 3.63) is 100 Å². The average molecular weight is 690 g/mol. The normalized spacial score (nSPS) is 18.5. The van der Waals surface area contributed by atoms with Crippen LogP contribution < -0.4 is 31.0 Å². The molecule has 1 aromatic heterocycles. The highest BCUT2D eigenvalue weighted by molar-refractivity contribution is 5.99. The summed E-state index contributed by atoms with van der Waals surface area (Å²) in [4.78, 5) is 35.0. The molecule has 2 aliphatic rings. The molecule has 260 valence electrons. The zero-order valence-electron chi connectivity index (χ0n) is 27.4. The molecule has 1 aliphatic carbocycles. The molecule has 3 aromatic carbocycles. The number of primary amides is 1. The molecule has 1 fully saturated rings. The first-order valence-electron chi connectivity index (χ1n) is 15.5. The highest BCUT2D eigenvalue weighted by Crippen LogP contribution is 2.47. The number of nitrogens with zero attached hydrogens (tertiary/aromatic N) is 2. The van der Waals surface area contributed by atoms with Crippen molar-refractivity contribution in [1.82, 2.24) is 10.3 Å². The number of ether oxygens (including phenoxy) is 3. The van der Waals surface area contributed by atoms with Crippen LogP contribution in [0.25, 0.3) is 11.3 Å². The summed E-state index contributed by atoms with van der Waals surface area (Å²) in [5, 5.41) is 15.3. The van der Waals surface area contributed by atoms with Gasteiger partial charge in [-0.2, -0.15) is 0 Å². The summed E-state index contributed by atoms with van der Waals surface area (Å²) < 4.78 is 60.5. The first-order valence-corrected chi connectivity index (χ1v) is 15.5. The Bertz CT molecular complexity index is 2040. The number of pyridine rings is 1. The Labute approximate surface area is 285 Å². The molecule has 1 aliphatic heterocycles. The van der Waals surface area contributed by atoms with E-state index in [2.05, 4.69) is 15.3 Å². The standard InChI is InChI=1S/C36H34F3N5O6/c1-34(33(41)46)18-50-31-23(34)14-28(44-30(31)22-13-26(48-2)25(38)15-24(22)37)36(47,21-7-5-4-6-8-21)17-42-32(45)19-11-20(16-43-35(39)9-10-35)29(40)27(12-19)49-3/h4-8,11-16,47H,9-10,17-18,40H2,1-3H3,(H2,41,46)(H,42,45)/b43-16+/t34-,36+/m0/s1. The highest BCUT2D eigenvalue weighted by Gasteiger charge is 2.46. The minimum Gasteiger partial charge on any atom is -0.495 e. The molecule has 0 radical (unpaired) electrons. The number of benzene rings is 3. The van der Waals surface area contributed by atoms with E-state index in [1.807, 2.05) is 0 Å². The number of fused-ring (bicyclic) bond motifs is 1. The van der Waals surface area contributed by atoms with Gasteiger partial charge in [0.25, 0.3) is 5.91 Å². The minimum atomic E-state index is -2.11. The molecular weight excluding hydrogens is 655 g/mol. The summed E-state index contributed by atoms with van der Waals surface area (Å²) in [6.45, 7) is 0.821. The number of carbonyl (C=O) groups is 2. The Kier molecular flexibility index (Phi) is 8.68. The van der Waals surface area contributed by atoms with E-state index in [-0.39, 0.29) is 81.6 Å². The predicted octanol–water partition coefficient (Wildman–Crippen LogP) is 4.31. The first-order chi connectivity index (χ1) is 23.7. The molecule has 6 rings (SSSR count). The lowest BCUT2D eigenvalue weighted by atomic mass is 9.80. The number of methoxy groups -OCH3 is 2. The number of aliphatic hydroxyl groups is 1. The van der Waals surface area contributed by atoms with Gasteiger partial charge in [0.15, 0.2) is 17.4 Å². The largest absolute Gasteiger partial charge is 0.495 e. The van der Waals surface area contributed by atoms with Gasteiger partial charge in [-0.15, -0.1) is 0 Å². The van der Waals surface area contributed by atoms with E-state index in [9.17, 15) is 23.5 Å². The number of nitrogen functional groups attached to an aromatic ring is 1. The number of amides is 2. The summed E-state index contributed by atoms with van der Waals surface area (Å²) in [6.07, 6.45) is 1.81. The highest BCUT2D eigenvalue weighted by atomic mass is 19.2. The Morgan fingerprint density at radius 3 is 2.42 bits per heavy atom. The van der Waals surface area contributed by atoms with Gasteiger partial charge >= 0.3 is 0 Å². The fraction of sp³-hybridized carbons (Fsp3) is 0.278. The molecule has 14 heteroatoms. The van der Waals surface area contributed by atoms with Crippen LogP contribution in [-0.4, -0.2) is 61.3 Å². The summed E-state index contributed by atoms with van der Waals surface area (Å²) in [6, 6.07) is 14.2. The Morgan fingerprint density at radius 1 is 1.08 bits per heavy atom. The molecule has 2 atom stereocenters. The van der Waals surface area contributed by atoms with Crippen molar-refractivity contribution in [3.8, 4) is 28.5 Å². The third kappa shape index (κ3) is 6.06. The number of halogens is 3. The number of aromatic nitrogens is 1. The molecular formula is C36H34F3N5O6. The lowest BCUT2D eigenvalue weighted by Gasteiger charge is -2.30. The molecule has 2 heterocycles. The lowest BCUT2D eigenvalue weighted by Crippen LogP contribution is -2.43. The van der Waals surface area contributed by atoms with E-state index < -0.39 is 46.8 Å². The quantitative estimate of drug-likeness (QED) is 0.103. The summed E-state index contributed by atoms with van der Waals surface area (Å²) in [7, 11) is 2.57. The molecule has 0 saturated heterocycles. The third-order valence-corrected chi connectivity index (χ3v) is 9.05. The van der Waals surface area contributed by atoms with Crippen molar-refractivity contribution in [2.24, 2.45) is 10.7 Å². The van der Waals surface area contributed by atoms with Gasteiger partial charge in [0.2, 0.25) is 5.91 Å². The molecule has 0 spiro atoms. The van der Waals surface area contributed by atoms with Crippen molar-refractivity contribution in [2.45, 2.75) is 36.6 Å². The number of carbonyl (C=O) groups excluding carboxylic acids is 2. The number of nitrogens with one attached hydrogen (secondary N) is 1. The predicted molar refractivity (Wildman–Crippen MR) is 178 cm³/mol. The van der Waals surface area contributed by atoms with E-state index in [1.54, 1.807) is 30.3 Å². The van der Waals surface area contributed by atoms with Crippen molar-refractivity contribution in [1.29, 1.82) is 0 Å². The van der Waals surface area contributed by atoms with E-state index >= 15 is 4.39 Å². The number of anilines is 1.